The van der Waals surface area contributed by atoms with Crippen LogP contribution in [0.3, 0.4) is 0 Å². The zero-order valence-electron chi connectivity index (χ0n) is 18.0. The fraction of sp³-hybridized carbons (Fsp3) is 0.417. The van der Waals surface area contributed by atoms with Gasteiger partial charge in [-0.15, -0.1) is 10.2 Å². The smallest absolute Gasteiger partial charge is 0.320 e. The van der Waals surface area contributed by atoms with Crippen LogP contribution in [0.4, 0.5) is 0 Å². The molecule has 0 bridgehead atoms. The molecule has 2 heterocycles. The van der Waals surface area contributed by atoms with Crippen LogP contribution in [0.25, 0.3) is 22.5 Å². The summed E-state index contributed by atoms with van der Waals surface area (Å²) in [6.07, 6.45) is 3.52. The molecular weight excluding hydrogens is 406 g/mol. The van der Waals surface area contributed by atoms with E-state index in [1.165, 1.54) is 5.56 Å². The lowest BCUT2D eigenvalue weighted by Crippen LogP contribution is -2.50. The number of benzene rings is 2. The van der Waals surface area contributed by atoms with Crippen LogP contribution >= 0.6 is 0 Å². The molecule has 1 aliphatic carbocycles. The predicted molar refractivity (Wildman–Crippen MR) is 119 cm³/mol. The third kappa shape index (κ3) is 4.23. The summed E-state index contributed by atoms with van der Waals surface area (Å²) >= 11 is 0. The van der Waals surface area contributed by atoms with Crippen molar-refractivity contribution in [1.82, 2.24) is 25.9 Å². The Bertz CT molecular complexity index is 1080. The highest BCUT2D eigenvalue weighted by molar-refractivity contribution is 5.74. The Hall–Kier alpha value is -3.26. The van der Waals surface area contributed by atoms with E-state index in [1.54, 1.807) is 0 Å². The Labute approximate surface area is 186 Å². The van der Waals surface area contributed by atoms with Crippen molar-refractivity contribution < 1.29 is 14.6 Å². The lowest BCUT2D eigenvalue weighted by molar-refractivity contribution is -0.141. The van der Waals surface area contributed by atoms with Crippen molar-refractivity contribution in [1.29, 1.82) is 0 Å². The molecule has 0 spiro atoms. The first-order chi connectivity index (χ1) is 15.6. The quantitative estimate of drug-likeness (QED) is 0.565. The lowest BCUT2D eigenvalue weighted by atomic mass is 9.72. The van der Waals surface area contributed by atoms with Gasteiger partial charge in [0.1, 0.15) is 11.8 Å². The second-order valence-corrected chi connectivity index (χ2v) is 8.92. The summed E-state index contributed by atoms with van der Waals surface area (Å²) in [6, 6.07) is 14.0. The van der Waals surface area contributed by atoms with Gasteiger partial charge in [-0.05, 0) is 79.5 Å². The van der Waals surface area contributed by atoms with Crippen molar-refractivity contribution in [3.8, 4) is 28.3 Å². The average molecular weight is 434 g/mol. The lowest BCUT2D eigenvalue weighted by Gasteiger charge is -2.41. The van der Waals surface area contributed by atoms with E-state index < -0.39 is 12.0 Å². The van der Waals surface area contributed by atoms with Crippen LogP contribution in [0.2, 0.25) is 0 Å². The number of aromatic amines is 1. The van der Waals surface area contributed by atoms with Crippen molar-refractivity contribution in [2.45, 2.75) is 44.8 Å². The van der Waals surface area contributed by atoms with Crippen molar-refractivity contribution >= 4 is 5.97 Å². The van der Waals surface area contributed by atoms with Gasteiger partial charge in [0.15, 0.2) is 0 Å². The number of nitrogens with one attached hydrogen (secondary N) is 2. The number of hydrogen-bond acceptors (Lipinski definition) is 6. The molecule has 1 saturated heterocycles. The molecule has 3 N–H and O–H groups in total. The fourth-order valence-corrected chi connectivity index (χ4v) is 5.00. The Morgan fingerprint density at radius 3 is 2.62 bits per heavy atom. The number of tetrazole rings is 1. The number of carbonyl (C=O) groups is 1. The van der Waals surface area contributed by atoms with Gasteiger partial charge in [0, 0.05) is 0 Å². The Balaban J connectivity index is 1.40. The summed E-state index contributed by atoms with van der Waals surface area (Å²) < 4.78 is 6.55. The largest absolute Gasteiger partial charge is 0.490 e. The fourth-order valence-electron chi connectivity index (χ4n) is 5.00. The monoisotopic (exact) mass is 433 g/mol. The number of aliphatic carboxylic acids is 1. The van der Waals surface area contributed by atoms with Crippen LogP contribution in [0.1, 0.15) is 31.2 Å². The zero-order chi connectivity index (χ0) is 22.1. The van der Waals surface area contributed by atoms with E-state index in [0.717, 1.165) is 48.2 Å². The summed E-state index contributed by atoms with van der Waals surface area (Å²) in [5.74, 6) is 1.33. The predicted octanol–water partition coefficient (Wildman–Crippen LogP) is 3.45. The van der Waals surface area contributed by atoms with Gasteiger partial charge in [0.05, 0.1) is 11.7 Å². The van der Waals surface area contributed by atoms with E-state index in [4.69, 9.17) is 4.74 Å². The summed E-state index contributed by atoms with van der Waals surface area (Å²) in [7, 11) is 0. The molecule has 4 atom stereocenters. The van der Waals surface area contributed by atoms with Crippen molar-refractivity contribution in [2.24, 2.45) is 11.8 Å². The van der Waals surface area contributed by atoms with Gasteiger partial charge in [-0.2, -0.15) is 5.21 Å². The normalized spacial score (nSPS) is 25.2. The topological polar surface area (TPSA) is 113 Å². The van der Waals surface area contributed by atoms with E-state index >= 15 is 0 Å². The minimum atomic E-state index is -0.767. The van der Waals surface area contributed by atoms with Crippen LogP contribution in [0, 0.1) is 18.8 Å². The summed E-state index contributed by atoms with van der Waals surface area (Å²) in [6.45, 7) is 2.84. The molecule has 2 aromatic carbocycles. The molecule has 2 fully saturated rings. The van der Waals surface area contributed by atoms with Crippen LogP contribution in [0.5, 0.6) is 5.75 Å². The summed E-state index contributed by atoms with van der Waals surface area (Å²) in [5.41, 5.74) is 4.19. The van der Waals surface area contributed by atoms with Crippen molar-refractivity contribution in [2.75, 3.05) is 6.54 Å². The molecule has 8 heteroatoms. The number of aromatic nitrogens is 4. The first-order valence-electron chi connectivity index (χ1n) is 11.1. The third-order valence-corrected chi connectivity index (χ3v) is 6.80. The highest BCUT2D eigenvalue weighted by atomic mass is 16.5. The van der Waals surface area contributed by atoms with E-state index in [1.807, 2.05) is 18.2 Å². The van der Waals surface area contributed by atoms with Crippen LogP contribution in [0.15, 0.2) is 42.5 Å². The second-order valence-electron chi connectivity index (χ2n) is 8.92. The molecule has 3 aromatic rings. The number of carboxylic acid groups (broad SMARTS) is 1. The Morgan fingerprint density at radius 1 is 1.06 bits per heavy atom. The first-order valence-corrected chi connectivity index (χ1v) is 11.1. The molecule has 166 valence electrons. The highest BCUT2D eigenvalue weighted by Crippen LogP contribution is 2.39. The minimum Gasteiger partial charge on any atom is -0.490 e. The molecule has 1 aliphatic heterocycles. The van der Waals surface area contributed by atoms with Crippen LogP contribution in [-0.4, -0.2) is 50.4 Å². The summed E-state index contributed by atoms with van der Waals surface area (Å²) in [5, 5.41) is 27.1. The number of rotatable bonds is 5. The summed E-state index contributed by atoms with van der Waals surface area (Å²) in [4.78, 5) is 11.5. The molecule has 0 unspecified atom stereocenters. The molecule has 0 radical (unpaired) electrons. The van der Waals surface area contributed by atoms with E-state index in [0.29, 0.717) is 24.1 Å². The van der Waals surface area contributed by atoms with Crippen LogP contribution < -0.4 is 10.1 Å². The average Bonchev–Trinajstić information content (AvgIpc) is 3.34. The molecule has 32 heavy (non-hydrogen) atoms. The molecular formula is C24H27N5O3. The van der Waals surface area contributed by atoms with E-state index in [9.17, 15) is 9.90 Å². The Morgan fingerprint density at radius 2 is 1.88 bits per heavy atom. The van der Waals surface area contributed by atoms with Crippen molar-refractivity contribution in [3.63, 3.8) is 0 Å². The number of H-pyrrole nitrogens is 1. The van der Waals surface area contributed by atoms with Gasteiger partial charge in [-0.3, -0.25) is 4.79 Å². The van der Waals surface area contributed by atoms with Gasteiger partial charge >= 0.3 is 5.97 Å². The number of piperidine rings is 1. The van der Waals surface area contributed by atoms with E-state index in [-0.39, 0.29) is 6.10 Å². The van der Waals surface area contributed by atoms with Gasteiger partial charge in [0.2, 0.25) is 5.82 Å². The van der Waals surface area contributed by atoms with Crippen molar-refractivity contribution in [3.05, 3.63) is 48.0 Å². The molecule has 2 aliphatic rings. The maximum atomic E-state index is 11.5. The molecule has 1 aromatic heterocycles. The van der Waals surface area contributed by atoms with E-state index in [2.05, 4.69) is 57.1 Å². The number of ether oxygens (including phenoxy) is 1. The standard InChI is InChI=1S/C24H27N5O3/c1-14-2-4-15(5-3-14)16-7-9-20(23-26-28-29-27-23)22(12-16)32-19-8-6-17-13-25-21(24(30)31)11-18(17)10-19/h2-5,7,9,12,17-19,21,25H,6,8,10-11,13H2,1H3,(H,30,31)(H,26,27,28,29)/t17-,18-,19-,21-/m0/s1. The minimum absolute atomic E-state index is 0.0303. The number of carboxylic acids is 1. The van der Waals surface area contributed by atoms with Gasteiger partial charge in [-0.1, -0.05) is 35.9 Å². The molecule has 0 amide bonds. The molecule has 1 saturated carbocycles. The van der Waals surface area contributed by atoms with Crippen LogP contribution in [-0.2, 0) is 4.79 Å². The number of nitrogens with zero attached hydrogens (tertiary/aromatic N) is 3. The Kier molecular flexibility index (Phi) is 5.61. The SMILES string of the molecule is Cc1ccc(-c2ccc(-c3nn[nH]n3)c(O[C@H]3CC[C@H]4CN[C@H](C(=O)O)C[C@@H]4C3)c2)cc1. The molecule has 8 nitrogen and oxygen atoms in total. The second kappa shape index (κ2) is 8.70. The van der Waals surface area contributed by atoms with Gasteiger partial charge in [-0.25, -0.2) is 0 Å². The van der Waals surface area contributed by atoms with Gasteiger partial charge < -0.3 is 15.2 Å². The third-order valence-electron chi connectivity index (χ3n) is 6.80. The maximum absolute atomic E-state index is 11.5. The first kappa shape index (κ1) is 20.6. The van der Waals surface area contributed by atoms with Gasteiger partial charge in [0.25, 0.3) is 0 Å². The maximum Gasteiger partial charge on any atom is 0.320 e. The number of fused-ring (bicyclic) bond motifs is 1. The highest BCUT2D eigenvalue weighted by Gasteiger charge is 2.38. The number of aryl methyl sites for hydroxylation is 1. The zero-order valence-corrected chi connectivity index (χ0v) is 18.0. The molecule has 5 rings (SSSR count). The number of hydrogen-bond donors (Lipinski definition) is 3.